The number of alkyl halides is 2. The van der Waals surface area contributed by atoms with Crippen LogP contribution in [0.1, 0.15) is 104 Å². The Balaban J connectivity index is 0.730. The van der Waals surface area contributed by atoms with Crippen molar-refractivity contribution in [1.29, 1.82) is 0 Å². The van der Waals surface area contributed by atoms with Crippen LogP contribution < -0.4 is 21.2 Å². The SMILES string of the molecule is Cn1c(=O)n(C2CCC(=O)NC2=O)c2cccc(CCCOC3CCN(C[C@H]4CC[C@H](n5cc(NC(=O)c6cnn7ccc(N8CCCOCC8)nc67)c(C(F)F)n5)CC4)CC3)c21. The molecule has 4 fully saturated rings. The predicted octanol–water partition coefficient (Wildman–Crippen LogP) is 4.82. The molecule has 5 aromatic rings. The number of amides is 3. The Kier molecular flexibility index (Phi) is 12.7. The zero-order chi connectivity index (χ0) is 43.6. The highest BCUT2D eigenvalue weighted by molar-refractivity contribution is 6.08. The van der Waals surface area contributed by atoms with Crippen LogP contribution in [0.2, 0.25) is 0 Å². The molecule has 3 amide bonds. The van der Waals surface area contributed by atoms with Gasteiger partial charge < -0.3 is 24.6 Å². The highest BCUT2D eigenvalue weighted by Crippen LogP contribution is 2.36. The Morgan fingerprint density at radius 3 is 2.63 bits per heavy atom. The van der Waals surface area contributed by atoms with Gasteiger partial charge in [-0.05, 0) is 87.8 Å². The van der Waals surface area contributed by atoms with E-state index in [1.807, 2.05) is 24.3 Å². The van der Waals surface area contributed by atoms with E-state index in [2.05, 4.69) is 30.6 Å². The Bertz CT molecular complexity index is 2510. The number of ether oxygens (including phenoxy) is 2. The average molecular weight is 872 g/mol. The maximum Gasteiger partial charge on any atom is 0.329 e. The molecule has 2 N–H and O–H groups in total. The number of halogens is 2. The van der Waals surface area contributed by atoms with E-state index in [-0.39, 0.29) is 41.4 Å². The van der Waals surface area contributed by atoms with Crippen molar-refractivity contribution in [3.63, 3.8) is 0 Å². The number of aromatic nitrogens is 7. The summed E-state index contributed by atoms with van der Waals surface area (Å²) in [5.41, 5.74) is 2.33. The van der Waals surface area contributed by atoms with E-state index in [9.17, 15) is 28.0 Å². The number of imidazole rings is 1. The number of carbonyl (C=O) groups is 3. The van der Waals surface area contributed by atoms with E-state index in [4.69, 9.17) is 14.5 Å². The van der Waals surface area contributed by atoms with Crippen molar-refractivity contribution in [2.24, 2.45) is 13.0 Å². The molecule has 1 aliphatic carbocycles. The zero-order valence-electron chi connectivity index (χ0n) is 35.6. The Hall–Kier alpha value is -5.53. The fourth-order valence-electron chi connectivity index (χ4n) is 9.89. The molecule has 3 aliphatic heterocycles. The zero-order valence-corrected chi connectivity index (χ0v) is 35.6. The number of hydrogen-bond acceptors (Lipinski definition) is 11. The van der Waals surface area contributed by atoms with Crippen LogP contribution >= 0.6 is 0 Å². The molecule has 1 aromatic carbocycles. The number of nitrogens with zero attached hydrogens (tertiary/aromatic N) is 9. The van der Waals surface area contributed by atoms with E-state index in [0.29, 0.717) is 55.7 Å². The normalized spacial score (nSPS) is 22.0. The van der Waals surface area contributed by atoms with Crippen molar-refractivity contribution < 1.29 is 32.6 Å². The van der Waals surface area contributed by atoms with Crippen LogP contribution in [0.15, 0.2) is 47.7 Å². The van der Waals surface area contributed by atoms with Crippen LogP contribution in [0.5, 0.6) is 0 Å². The monoisotopic (exact) mass is 871 g/mol. The quantitative estimate of drug-likeness (QED) is 0.123. The van der Waals surface area contributed by atoms with E-state index < -0.39 is 30.0 Å². The Labute approximate surface area is 362 Å². The van der Waals surface area contributed by atoms with Crippen LogP contribution in [0, 0.1) is 5.92 Å². The van der Waals surface area contributed by atoms with Gasteiger partial charge in [-0.2, -0.15) is 10.2 Å². The number of likely N-dealkylation sites (tertiary alicyclic amines) is 1. The van der Waals surface area contributed by atoms with Crippen LogP contribution in [0.25, 0.3) is 16.7 Å². The number of fused-ring (bicyclic) bond motifs is 2. The van der Waals surface area contributed by atoms with Crippen molar-refractivity contribution in [1.82, 2.24) is 43.7 Å². The van der Waals surface area contributed by atoms with E-state index in [1.54, 1.807) is 28.7 Å². The summed E-state index contributed by atoms with van der Waals surface area (Å²) in [6, 6.07) is 6.87. The molecule has 19 heteroatoms. The standard InChI is InChI=1S/C44H55F2N11O6/c1-52-39-29(5-2-7-34(39)57(44(52)61)35-12-13-37(58)50-43(35)60)6-3-23-63-31-14-18-53(19-15-31)26-28-8-10-30(11-9-28)56-27-33(38(51-56)40(45)46)48-42(59)32-25-47-55-20-16-36(49-41(32)55)54-17-4-22-62-24-21-54/h2,5,7,16,20,25,27-28,30-31,35,40H,3-4,6,8-15,17-19,21-24,26H2,1H3,(H,48,59)(H,50,58,60)/t28-,30-,35?. The molecule has 1 unspecified atom stereocenters. The summed E-state index contributed by atoms with van der Waals surface area (Å²) in [7, 11) is 1.72. The maximum absolute atomic E-state index is 14.3. The number of anilines is 2. The summed E-state index contributed by atoms with van der Waals surface area (Å²) in [4.78, 5) is 60.5. The van der Waals surface area contributed by atoms with Gasteiger partial charge in [-0.15, -0.1) is 0 Å². The van der Waals surface area contributed by atoms with E-state index in [1.165, 1.54) is 15.3 Å². The molecule has 1 saturated carbocycles. The van der Waals surface area contributed by atoms with Crippen molar-refractivity contribution in [3.8, 4) is 0 Å². The molecule has 1 atom stereocenters. The first kappa shape index (κ1) is 42.8. The number of benzene rings is 1. The fourth-order valence-corrected chi connectivity index (χ4v) is 9.89. The van der Waals surface area contributed by atoms with Crippen LogP contribution in [-0.4, -0.2) is 115 Å². The molecular weight excluding hydrogens is 817 g/mol. The van der Waals surface area contributed by atoms with Crippen molar-refractivity contribution in [3.05, 3.63) is 70.2 Å². The minimum Gasteiger partial charge on any atom is -0.380 e. The first-order valence-electron chi connectivity index (χ1n) is 22.3. The van der Waals surface area contributed by atoms with Gasteiger partial charge >= 0.3 is 5.69 Å². The van der Waals surface area contributed by atoms with Crippen LogP contribution in [0.4, 0.5) is 20.3 Å². The largest absolute Gasteiger partial charge is 0.380 e. The predicted molar refractivity (Wildman–Crippen MR) is 229 cm³/mol. The van der Waals surface area contributed by atoms with Crippen LogP contribution in [-0.2, 0) is 32.5 Å². The summed E-state index contributed by atoms with van der Waals surface area (Å²) in [6.07, 6.45) is 10.3. The van der Waals surface area contributed by atoms with E-state index in [0.717, 1.165) is 95.0 Å². The Morgan fingerprint density at radius 1 is 1.02 bits per heavy atom. The second-order valence-corrected chi connectivity index (χ2v) is 17.3. The van der Waals surface area contributed by atoms with Gasteiger partial charge in [0.05, 0.1) is 41.7 Å². The maximum atomic E-state index is 14.3. The van der Waals surface area contributed by atoms with Crippen molar-refractivity contribution in [2.45, 2.75) is 95.2 Å². The molecule has 17 nitrogen and oxygen atoms in total. The lowest BCUT2D eigenvalue weighted by molar-refractivity contribution is -0.135. The summed E-state index contributed by atoms with van der Waals surface area (Å²) in [5, 5.41) is 13.6. The highest BCUT2D eigenvalue weighted by Gasteiger charge is 2.33. The third-order valence-corrected chi connectivity index (χ3v) is 13.3. The van der Waals surface area contributed by atoms with Gasteiger partial charge in [0.15, 0.2) is 11.3 Å². The average Bonchev–Trinajstić information content (AvgIpc) is 3.89. The number of rotatable bonds is 13. The molecule has 0 spiro atoms. The molecule has 3 saturated heterocycles. The fraction of sp³-hybridized carbons (Fsp3) is 0.568. The van der Waals surface area contributed by atoms with Gasteiger partial charge in [-0.3, -0.25) is 33.5 Å². The minimum absolute atomic E-state index is 0.00609. The van der Waals surface area contributed by atoms with Gasteiger partial charge in [-0.25, -0.2) is 23.1 Å². The number of piperidine rings is 2. The molecule has 4 aliphatic rings. The van der Waals surface area contributed by atoms with Gasteiger partial charge in [0, 0.05) is 71.8 Å². The van der Waals surface area contributed by atoms with Crippen molar-refractivity contribution in [2.75, 3.05) is 62.8 Å². The second-order valence-electron chi connectivity index (χ2n) is 17.3. The molecule has 0 radical (unpaired) electrons. The van der Waals surface area contributed by atoms with Gasteiger partial charge in [-0.1, -0.05) is 12.1 Å². The summed E-state index contributed by atoms with van der Waals surface area (Å²) >= 11 is 0. The molecule has 0 bridgehead atoms. The molecule has 9 rings (SSSR count). The lowest BCUT2D eigenvalue weighted by Gasteiger charge is -2.36. The lowest BCUT2D eigenvalue weighted by atomic mass is 9.85. The third kappa shape index (κ3) is 9.13. The van der Waals surface area contributed by atoms with Gasteiger partial charge in [0.2, 0.25) is 11.8 Å². The third-order valence-electron chi connectivity index (χ3n) is 13.3. The first-order chi connectivity index (χ1) is 30.6. The highest BCUT2D eigenvalue weighted by atomic mass is 19.3. The number of carbonyl (C=O) groups excluding carboxylic acids is 3. The number of hydrogen-bond donors (Lipinski definition) is 2. The molecule has 4 aromatic heterocycles. The number of para-hydroxylation sites is 1. The van der Waals surface area contributed by atoms with Crippen molar-refractivity contribution >= 4 is 45.9 Å². The van der Waals surface area contributed by atoms with Crippen LogP contribution in [0.3, 0.4) is 0 Å². The number of nitrogens with one attached hydrogen (secondary N) is 2. The number of aryl methyl sites for hydroxylation is 2. The van der Waals surface area contributed by atoms with E-state index >= 15 is 0 Å². The molecular formula is C44H55F2N11O6. The molecule has 63 heavy (non-hydrogen) atoms. The number of imide groups is 1. The molecule has 336 valence electrons. The first-order valence-corrected chi connectivity index (χ1v) is 22.3. The molecule has 7 heterocycles. The Morgan fingerprint density at radius 2 is 1.84 bits per heavy atom. The minimum atomic E-state index is -2.86. The smallest absolute Gasteiger partial charge is 0.329 e. The summed E-state index contributed by atoms with van der Waals surface area (Å²) in [6.45, 7) is 6.22. The van der Waals surface area contributed by atoms with Gasteiger partial charge in [0.25, 0.3) is 12.3 Å². The topological polar surface area (TPSA) is 175 Å². The second kappa shape index (κ2) is 18.7. The summed E-state index contributed by atoms with van der Waals surface area (Å²) < 4.78 is 46.7. The summed E-state index contributed by atoms with van der Waals surface area (Å²) in [5.74, 6) is -0.126. The lowest BCUT2D eigenvalue weighted by Crippen LogP contribution is -2.44. The van der Waals surface area contributed by atoms with Gasteiger partial charge in [0.1, 0.15) is 17.4 Å².